The van der Waals surface area contributed by atoms with Crippen molar-refractivity contribution < 1.29 is 35.1 Å². The van der Waals surface area contributed by atoms with Crippen LogP contribution in [0.2, 0.25) is 0 Å². The number of alkyl halides is 10. The lowest BCUT2D eigenvalue weighted by atomic mass is 10.3. The SMILES string of the molecule is FC(F)(Cl)C(F)(F)C#CC(F)(F)C(F)(F)Cl. The minimum Gasteiger partial charge on any atom is -0.183 e. The summed E-state index contributed by atoms with van der Waals surface area (Å²) < 4.78 is 96.0. The van der Waals surface area contributed by atoms with E-state index < -0.39 is 22.6 Å². The highest BCUT2D eigenvalue weighted by atomic mass is 35.5. The highest BCUT2D eigenvalue weighted by molar-refractivity contribution is 6.23. The largest absolute Gasteiger partial charge is 0.395 e. The fourth-order valence-electron chi connectivity index (χ4n) is 0.299. The summed E-state index contributed by atoms with van der Waals surface area (Å²) in [6, 6.07) is 0. The third kappa shape index (κ3) is 3.56. The second kappa shape index (κ2) is 4.11. The molecule has 0 aliphatic carbocycles. The zero-order chi connectivity index (χ0) is 13.4. The Morgan fingerprint density at radius 1 is 0.562 bits per heavy atom. The summed E-state index contributed by atoms with van der Waals surface area (Å²) in [5.41, 5.74) is 0. The predicted octanol–water partition coefficient (Wildman–Crippen LogP) is 3.92. The number of hydrogen-bond acceptors (Lipinski definition) is 0. The van der Waals surface area contributed by atoms with Crippen LogP contribution in [0.3, 0.4) is 0 Å². The third-order valence-electron chi connectivity index (χ3n) is 1.09. The van der Waals surface area contributed by atoms with E-state index >= 15 is 0 Å². The van der Waals surface area contributed by atoms with Crippen LogP contribution in [-0.4, -0.2) is 22.6 Å². The summed E-state index contributed by atoms with van der Waals surface area (Å²) >= 11 is 7.63. The van der Waals surface area contributed by atoms with Crippen molar-refractivity contribution in [1.29, 1.82) is 0 Å². The molecule has 0 aromatic carbocycles. The summed E-state index contributed by atoms with van der Waals surface area (Å²) in [7, 11) is 0. The smallest absolute Gasteiger partial charge is 0.183 e. The third-order valence-corrected chi connectivity index (χ3v) is 1.56. The lowest BCUT2D eigenvalue weighted by molar-refractivity contribution is -0.123. The van der Waals surface area contributed by atoms with Gasteiger partial charge in [0.1, 0.15) is 0 Å². The highest BCUT2D eigenvalue weighted by Gasteiger charge is 2.57. The Kier molecular flexibility index (Phi) is 4.00. The molecule has 0 amide bonds. The molecule has 10 heteroatoms. The van der Waals surface area contributed by atoms with Crippen LogP contribution in [0.25, 0.3) is 0 Å². The molecule has 0 saturated carbocycles. The maximum Gasteiger partial charge on any atom is 0.395 e. The molecule has 0 atom stereocenters. The van der Waals surface area contributed by atoms with E-state index in [-0.39, 0.29) is 11.8 Å². The van der Waals surface area contributed by atoms with Crippen molar-refractivity contribution >= 4 is 23.2 Å². The summed E-state index contributed by atoms with van der Waals surface area (Å²) in [4.78, 5) is 0. The van der Waals surface area contributed by atoms with Crippen LogP contribution >= 0.6 is 23.2 Å². The molecule has 0 aliphatic heterocycles. The van der Waals surface area contributed by atoms with E-state index in [1.807, 2.05) is 0 Å². The molecule has 0 bridgehead atoms. The Labute approximate surface area is 93.5 Å². The van der Waals surface area contributed by atoms with E-state index in [4.69, 9.17) is 0 Å². The van der Waals surface area contributed by atoms with Gasteiger partial charge >= 0.3 is 22.6 Å². The molecule has 0 N–H and O–H groups in total. The van der Waals surface area contributed by atoms with E-state index in [9.17, 15) is 35.1 Å². The van der Waals surface area contributed by atoms with Crippen molar-refractivity contribution in [2.45, 2.75) is 22.6 Å². The van der Waals surface area contributed by atoms with Gasteiger partial charge in [-0.1, -0.05) is 0 Å². The van der Waals surface area contributed by atoms with E-state index in [0.717, 1.165) is 0 Å². The Morgan fingerprint density at radius 2 is 0.750 bits per heavy atom. The quantitative estimate of drug-likeness (QED) is 0.411. The fraction of sp³-hybridized carbons (Fsp3) is 0.667. The lowest BCUT2D eigenvalue weighted by Crippen LogP contribution is -2.37. The second-order valence-corrected chi connectivity index (χ2v) is 3.34. The van der Waals surface area contributed by atoms with Crippen molar-refractivity contribution in [3.8, 4) is 11.8 Å². The van der Waals surface area contributed by atoms with Gasteiger partial charge in [-0.15, -0.1) is 0 Å². The zero-order valence-electron chi connectivity index (χ0n) is 6.78. The molecule has 0 rings (SSSR count). The van der Waals surface area contributed by atoms with Crippen LogP contribution < -0.4 is 0 Å². The first kappa shape index (κ1) is 15.6. The Balaban J connectivity index is 5.17. The van der Waals surface area contributed by atoms with Crippen molar-refractivity contribution in [3.05, 3.63) is 0 Å². The lowest BCUT2D eigenvalue weighted by Gasteiger charge is -2.17. The standard InChI is InChI=1S/C6Cl2F8/c7-5(13,14)3(9,10)1-2-4(11,12)6(8,15)16. The normalized spacial score (nSPS) is 14.4. The molecule has 0 aromatic rings. The molecule has 0 radical (unpaired) electrons. The molecular weight excluding hydrogens is 295 g/mol. The van der Waals surface area contributed by atoms with Gasteiger partial charge in [0.25, 0.3) is 0 Å². The van der Waals surface area contributed by atoms with Crippen molar-refractivity contribution in [2.75, 3.05) is 0 Å². The van der Waals surface area contributed by atoms with Crippen LogP contribution in [0.5, 0.6) is 0 Å². The van der Waals surface area contributed by atoms with Gasteiger partial charge in [-0.05, 0) is 35.0 Å². The highest BCUT2D eigenvalue weighted by Crippen LogP contribution is 2.40. The summed E-state index contributed by atoms with van der Waals surface area (Å²) in [6.45, 7) is 0. The molecular formula is C6Cl2F8. The molecule has 94 valence electrons. The second-order valence-electron chi connectivity index (χ2n) is 2.39. The van der Waals surface area contributed by atoms with Crippen molar-refractivity contribution in [3.63, 3.8) is 0 Å². The van der Waals surface area contributed by atoms with Gasteiger partial charge in [0.05, 0.1) is 0 Å². The van der Waals surface area contributed by atoms with Gasteiger partial charge in [-0.2, -0.15) is 35.1 Å². The summed E-state index contributed by atoms with van der Waals surface area (Å²) in [6.07, 6.45) is 0. The maximum absolute atomic E-state index is 12.2. The number of rotatable bonds is 2. The van der Waals surface area contributed by atoms with E-state index in [0.29, 0.717) is 0 Å². The minimum atomic E-state index is -5.39. The van der Waals surface area contributed by atoms with Gasteiger partial charge in [0.15, 0.2) is 0 Å². The number of hydrogen-bond donors (Lipinski definition) is 0. The van der Waals surface area contributed by atoms with Crippen LogP contribution in [0.15, 0.2) is 0 Å². The van der Waals surface area contributed by atoms with Crippen LogP contribution in [0, 0.1) is 11.8 Å². The van der Waals surface area contributed by atoms with Gasteiger partial charge in [0, 0.05) is 0 Å². The fourth-order valence-corrected chi connectivity index (χ4v) is 0.393. The Hall–Kier alpha value is -0.420. The summed E-state index contributed by atoms with van der Waals surface area (Å²) in [5.74, 6) is -10.8. The van der Waals surface area contributed by atoms with E-state index in [2.05, 4.69) is 23.2 Å². The van der Waals surface area contributed by atoms with Gasteiger partial charge < -0.3 is 0 Å². The summed E-state index contributed by atoms with van der Waals surface area (Å²) in [5, 5.41) is -10.5. The average molecular weight is 295 g/mol. The topological polar surface area (TPSA) is 0 Å². The molecule has 0 unspecified atom stereocenters. The molecule has 0 aromatic heterocycles. The van der Waals surface area contributed by atoms with E-state index in [1.165, 1.54) is 0 Å². The van der Waals surface area contributed by atoms with Gasteiger partial charge in [-0.25, -0.2) is 0 Å². The molecule has 0 fully saturated rings. The average Bonchev–Trinajstić information content (AvgIpc) is 1.97. The molecule has 0 heterocycles. The zero-order valence-corrected chi connectivity index (χ0v) is 8.29. The first-order valence-electron chi connectivity index (χ1n) is 3.14. The van der Waals surface area contributed by atoms with Crippen LogP contribution in [0.1, 0.15) is 0 Å². The van der Waals surface area contributed by atoms with E-state index in [1.54, 1.807) is 0 Å². The van der Waals surface area contributed by atoms with Gasteiger partial charge in [0.2, 0.25) is 0 Å². The minimum absolute atomic E-state index is 0.0340. The molecule has 16 heavy (non-hydrogen) atoms. The van der Waals surface area contributed by atoms with Crippen LogP contribution in [0.4, 0.5) is 35.1 Å². The maximum atomic E-state index is 12.2. The Bertz CT molecular complexity index is 284. The van der Waals surface area contributed by atoms with Crippen LogP contribution in [-0.2, 0) is 0 Å². The molecule has 0 nitrogen and oxygen atoms in total. The first-order valence-corrected chi connectivity index (χ1v) is 3.90. The predicted molar refractivity (Wildman–Crippen MR) is 39.3 cm³/mol. The molecule has 0 aliphatic rings. The molecule has 0 spiro atoms. The monoisotopic (exact) mass is 294 g/mol. The van der Waals surface area contributed by atoms with Crippen molar-refractivity contribution in [2.24, 2.45) is 0 Å². The van der Waals surface area contributed by atoms with Gasteiger partial charge in [-0.3, -0.25) is 0 Å². The first-order chi connectivity index (χ1) is 6.71. The number of halogens is 10. The Morgan fingerprint density at radius 3 is 0.875 bits per heavy atom. The molecule has 0 saturated heterocycles. The van der Waals surface area contributed by atoms with Crippen molar-refractivity contribution in [1.82, 2.24) is 0 Å².